The second-order valence-electron chi connectivity index (χ2n) is 6.74. The van der Waals surface area contributed by atoms with Crippen molar-refractivity contribution in [2.24, 2.45) is 0 Å². The number of amides is 2. The van der Waals surface area contributed by atoms with E-state index in [0.29, 0.717) is 32.5 Å². The van der Waals surface area contributed by atoms with Gasteiger partial charge in [-0.2, -0.15) is 0 Å². The highest BCUT2D eigenvalue weighted by atomic mass is 16.2. The molecule has 1 aliphatic heterocycles. The summed E-state index contributed by atoms with van der Waals surface area (Å²) in [4.78, 5) is 28.9. The molecule has 0 aliphatic carbocycles. The summed E-state index contributed by atoms with van der Waals surface area (Å²) < 4.78 is 0. The lowest BCUT2D eigenvalue weighted by atomic mass is 9.72. The summed E-state index contributed by atoms with van der Waals surface area (Å²) in [5.74, 6) is 0.178. The molecule has 0 saturated carbocycles. The molecule has 1 fully saturated rings. The smallest absolute Gasteiger partial charge is 0.230 e. The van der Waals surface area contributed by atoms with Crippen molar-refractivity contribution in [1.82, 2.24) is 15.1 Å². The van der Waals surface area contributed by atoms with Crippen LogP contribution in [0.5, 0.6) is 0 Å². The number of nitrogens with zero attached hydrogens (tertiary/aromatic N) is 2. The SMILES string of the molecule is CCN(CC)CCNC(=O)C1(c2ccccc2)CCN(C(C)=O)CC1. The number of likely N-dealkylation sites (tertiary alicyclic amines) is 1. The second-order valence-corrected chi connectivity index (χ2v) is 6.74. The van der Waals surface area contributed by atoms with Crippen molar-refractivity contribution in [3.8, 4) is 0 Å². The van der Waals surface area contributed by atoms with Crippen molar-refractivity contribution < 1.29 is 9.59 Å². The first kappa shape index (κ1) is 19.4. The molecule has 0 aromatic heterocycles. The van der Waals surface area contributed by atoms with Gasteiger partial charge in [-0.1, -0.05) is 44.2 Å². The van der Waals surface area contributed by atoms with Crippen LogP contribution in [-0.4, -0.2) is 60.9 Å². The normalized spacial score (nSPS) is 16.7. The zero-order valence-electron chi connectivity index (χ0n) is 15.8. The number of nitrogens with one attached hydrogen (secondary N) is 1. The maximum Gasteiger partial charge on any atom is 0.230 e. The minimum atomic E-state index is -0.531. The molecule has 1 aliphatic rings. The first-order chi connectivity index (χ1) is 12.0. The molecular weight excluding hydrogens is 314 g/mol. The zero-order valence-corrected chi connectivity index (χ0v) is 15.8. The molecular formula is C20H31N3O2. The van der Waals surface area contributed by atoms with Crippen molar-refractivity contribution in [3.63, 3.8) is 0 Å². The Morgan fingerprint density at radius 2 is 1.72 bits per heavy atom. The van der Waals surface area contributed by atoms with Crippen LogP contribution in [0.3, 0.4) is 0 Å². The molecule has 1 heterocycles. The van der Waals surface area contributed by atoms with Crippen LogP contribution in [0.1, 0.15) is 39.2 Å². The molecule has 0 atom stereocenters. The van der Waals surface area contributed by atoms with Crippen LogP contribution < -0.4 is 5.32 Å². The fourth-order valence-corrected chi connectivity index (χ4v) is 3.64. The van der Waals surface area contributed by atoms with Crippen molar-refractivity contribution in [3.05, 3.63) is 35.9 Å². The minimum Gasteiger partial charge on any atom is -0.354 e. The molecule has 0 bridgehead atoms. The molecule has 25 heavy (non-hydrogen) atoms. The van der Waals surface area contributed by atoms with Crippen LogP contribution in [0.15, 0.2) is 30.3 Å². The predicted octanol–water partition coefficient (Wildman–Crippen LogP) is 2.02. The summed E-state index contributed by atoms with van der Waals surface area (Å²) in [5, 5.41) is 3.15. The summed E-state index contributed by atoms with van der Waals surface area (Å²) in [6.45, 7) is 10.6. The average Bonchev–Trinajstić information content (AvgIpc) is 2.65. The maximum absolute atomic E-state index is 13.1. The summed E-state index contributed by atoms with van der Waals surface area (Å²) in [7, 11) is 0. The number of piperidine rings is 1. The Morgan fingerprint density at radius 3 is 2.24 bits per heavy atom. The van der Waals surface area contributed by atoms with Crippen LogP contribution in [0.2, 0.25) is 0 Å². The monoisotopic (exact) mass is 345 g/mol. The van der Waals surface area contributed by atoms with Crippen LogP contribution in [-0.2, 0) is 15.0 Å². The van der Waals surface area contributed by atoms with Gasteiger partial charge < -0.3 is 15.1 Å². The van der Waals surface area contributed by atoms with E-state index in [9.17, 15) is 9.59 Å². The highest BCUT2D eigenvalue weighted by molar-refractivity contribution is 5.88. The van der Waals surface area contributed by atoms with Crippen LogP contribution in [0.25, 0.3) is 0 Å². The number of benzene rings is 1. The maximum atomic E-state index is 13.1. The fourth-order valence-electron chi connectivity index (χ4n) is 3.64. The van der Waals surface area contributed by atoms with E-state index in [2.05, 4.69) is 24.1 Å². The molecule has 1 saturated heterocycles. The largest absolute Gasteiger partial charge is 0.354 e. The third kappa shape index (κ3) is 4.60. The average molecular weight is 345 g/mol. The molecule has 1 aromatic rings. The molecule has 2 rings (SSSR count). The van der Waals surface area contributed by atoms with Crippen molar-refractivity contribution in [2.75, 3.05) is 39.3 Å². The standard InChI is InChI=1S/C20H31N3O2/c1-4-22(5-2)16-13-21-19(25)20(18-9-7-6-8-10-18)11-14-23(15-12-20)17(3)24/h6-10H,4-5,11-16H2,1-3H3,(H,21,25). The molecule has 1 N–H and O–H groups in total. The van der Waals surface area contributed by atoms with Gasteiger partial charge in [0.05, 0.1) is 5.41 Å². The van der Waals surface area contributed by atoms with E-state index < -0.39 is 5.41 Å². The summed E-state index contributed by atoms with van der Waals surface area (Å²) in [6.07, 6.45) is 1.35. The fraction of sp³-hybridized carbons (Fsp3) is 0.600. The number of likely N-dealkylation sites (N-methyl/N-ethyl adjacent to an activating group) is 1. The molecule has 138 valence electrons. The van der Waals surface area contributed by atoms with Gasteiger partial charge >= 0.3 is 0 Å². The first-order valence-electron chi connectivity index (χ1n) is 9.35. The van der Waals surface area contributed by atoms with Gasteiger partial charge in [0.1, 0.15) is 0 Å². The van der Waals surface area contributed by atoms with Gasteiger partial charge in [-0.25, -0.2) is 0 Å². The number of carbonyl (C=O) groups is 2. The Balaban J connectivity index is 2.10. The lowest BCUT2D eigenvalue weighted by Gasteiger charge is -2.41. The van der Waals surface area contributed by atoms with Gasteiger partial charge in [0.15, 0.2) is 0 Å². The molecule has 5 heteroatoms. The summed E-state index contributed by atoms with van der Waals surface area (Å²) >= 11 is 0. The van der Waals surface area contributed by atoms with Gasteiger partial charge in [-0.15, -0.1) is 0 Å². The van der Waals surface area contributed by atoms with Crippen LogP contribution in [0, 0.1) is 0 Å². The number of hydrogen-bond acceptors (Lipinski definition) is 3. The van der Waals surface area contributed by atoms with E-state index >= 15 is 0 Å². The van der Waals surface area contributed by atoms with Gasteiger partial charge in [0, 0.05) is 33.1 Å². The Morgan fingerprint density at radius 1 is 1.12 bits per heavy atom. The van der Waals surface area contributed by atoms with Gasteiger partial charge in [-0.3, -0.25) is 9.59 Å². The molecule has 5 nitrogen and oxygen atoms in total. The lowest BCUT2D eigenvalue weighted by Crippen LogP contribution is -2.53. The summed E-state index contributed by atoms with van der Waals surface area (Å²) in [6, 6.07) is 10.0. The zero-order chi connectivity index (χ0) is 18.3. The first-order valence-corrected chi connectivity index (χ1v) is 9.35. The molecule has 1 aromatic carbocycles. The molecule has 2 amide bonds. The Labute approximate surface area is 151 Å². The molecule has 0 radical (unpaired) electrons. The minimum absolute atomic E-state index is 0.0867. The molecule has 0 unspecified atom stereocenters. The van der Waals surface area contributed by atoms with E-state index in [0.717, 1.165) is 25.2 Å². The van der Waals surface area contributed by atoms with Crippen LogP contribution in [0.4, 0.5) is 0 Å². The highest BCUT2D eigenvalue weighted by Crippen LogP contribution is 2.35. The number of carbonyl (C=O) groups excluding carboxylic acids is 2. The third-order valence-electron chi connectivity index (χ3n) is 5.43. The van der Waals surface area contributed by atoms with E-state index in [1.807, 2.05) is 35.2 Å². The summed E-state index contributed by atoms with van der Waals surface area (Å²) in [5.41, 5.74) is 0.523. The van der Waals surface area contributed by atoms with Crippen molar-refractivity contribution >= 4 is 11.8 Å². The van der Waals surface area contributed by atoms with Gasteiger partial charge in [-0.05, 0) is 31.5 Å². The quantitative estimate of drug-likeness (QED) is 0.823. The van der Waals surface area contributed by atoms with Crippen molar-refractivity contribution in [2.45, 2.75) is 39.0 Å². The molecule has 0 spiro atoms. The van der Waals surface area contributed by atoms with Gasteiger partial charge in [0.2, 0.25) is 11.8 Å². The van der Waals surface area contributed by atoms with Crippen LogP contribution >= 0.6 is 0 Å². The number of hydrogen-bond donors (Lipinski definition) is 1. The lowest BCUT2D eigenvalue weighted by molar-refractivity contribution is -0.135. The predicted molar refractivity (Wildman–Crippen MR) is 100 cm³/mol. The second kappa shape index (κ2) is 8.99. The van der Waals surface area contributed by atoms with E-state index in [1.165, 1.54) is 0 Å². The van der Waals surface area contributed by atoms with E-state index in [4.69, 9.17) is 0 Å². The Bertz CT molecular complexity index is 562. The third-order valence-corrected chi connectivity index (χ3v) is 5.43. The van der Waals surface area contributed by atoms with Crippen molar-refractivity contribution in [1.29, 1.82) is 0 Å². The van der Waals surface area contributed by atoms with E-state index in [-0.39, 0.29) is 11.8 Å². The highest BCUT2D eigenvalue weighted by Gasteiger charge is 2.43. The Kier molecular flexibility index (Phi) is 7.00. The topological polar surface area (TPSA) is 52.7 Å². The van der Waals surface area contributed by atoms with Gasteiger partial charge in [0.25, 0.3) is 0 Å². The van der Waals surface area contributed by atoms with E-state index in [1.54, 1.807) is 6.92 Å². The number of rotatable bonds is 7. The Hall–Kier alpha value is -1.88.